The van der Waals surface area contributed by atoms with Crippen LogP contribution in [0.2, 0.25) is 0 Å². The van der Waals surface area contributed by atoms with E-state index in [0.29, 0.717) is 6.54 Å². The summed E-state index contributed by atoms with van der Waals surface area (Å²) in [6.07, 6.45) is 3.22. The van der Waals surface area contributed by atoms with Gasteiger partial charge < -0.3 is 11.5 Å². The van der Waals surface area contributed by atoms with Gasteiger partial charge in [0, 0.05) is 13.0 Å². The minimum atomic E-state index is 0.0665. The van der Waals surface area contributed by atoms with Gasteiger partial charge in [0.25, 0.3) is 0 Å². The van der Waals surface area contributed by atoms with Gasteiger partial charge in [0.2, 0.25) is 0 Å². The van der Waals surface area contributed by atoms with Crippen molar-refractivity contribution in [1.29, 1.82) is 0 Å². The Labute approximate surface area is 71.1 Å². The summed E-state index contributed by atoms with van der Waals surface area (Å²) in [5.41, 5.74) is 20.4. The summed E-state index contributed by atoms with van der Waals surface area (Å²) in [6, 6.07) is 0. The van der Waals surface area contributed by atoms with Crippen LogP contribution in [0, 0.1) is 0 Å². The summed E-state index contributed by atoms with van der Waals surface area (Å²) >= 11 is 0. The lowest BCUT2D eigenvalue weighted by atomic mass is 10.3. The van der Waals surface area contributed by atoms with Crippen LogP contribution in [0.15, 0.2) is 4.99 Å². The van der Waals surface area contributed by atoms with Gasteiger partial charge in [-0.05, 0) is 6.42 Å². The predicted molar refractivity (Wildman–Crippen MR) is 51.5 cm³/mol. The van der Waals surface area contributed by atoms with E-state index in [1.54, 1.807) is 6.21 Å². The van der Waals surface area contributed by atoms with E-state index in [2.05, 4.69) is 9.66 Å². The molecule has 8 N–H and O–H groups in total. The van der Waals surface area contributed by atoms with Gasteiger partial charge in [-0.3, -0.25) is 16.5 Å². The molecular formula is C6H15N6+. The zero-order valence-corrected chi connectivity index (χ0v) is 6.90. The van der Waals surface area contributed by atoms with Crippen molar-refractivity contribution >= 4 is 18.1 Å². The molecule has 0 bridgehead atoms. The van der Waals surface area contributed by atoms with Crippen LogP contribution in [0.1, 0.15) is 12.8 Å². The van der Waals surface area contributed by atoms with E-state index in [0.717, 1.165) is 12.8 Å². The molecule has 0 unspecified atom stereocenters. The molecule has 6 heteroatoms. The highest BCUT2D eigenvalue weighted by Crippen LogP contribution is 1.83. The first kappa shape index (κ1) is 10.3. The van der Waals surface area contributed by atoms with Gasteiger partial charge in [-0.1, -0.05) is 0 Å². The summed E-state index contributed by atoms with van der Waals surface area (Å²) in [5.74, 6) is 0.175. The van der Waals surface area contributed by atoms with Crippen molar-refractivity contribution in [3.05, 3.63) is 0 Å². The van der Waals surface area contributed by atoms with Gasteiger partial charge in [-0.15, -0.1) is 0 Å². The third-order valence-electron chi connectivity index (χ3n) is 1.03. The Hall–Kier alpha value is -1.68. The van der Waals surface area contributed by atoms with Crippen molar-refractivity contribution in [3.8, 4) is 0 Å². The first-order valence-corrected chi connectivity index (χ1v) is 3.58. The minimum Gasteiger partial charge on any atom is -0.370 e. The normalized spacial score (nSPS) is 8.33. The second-order valence-corrected chi connectivity index (χ2v) is 2.19. The number of aliphatic imine (C=N–C) groups is 1. The first-order chi connectivity index (χ1) is 5.63. The van der Waals surface area contributed by atoms with Crippen LogP contribution >= 0.6 is 0 Å². The summed E-state index contributed by atoms with van der Waals surface area (Å²) < 4.78 is 3.68. The molecular weight excluding hydrogens is 156 g/mol. The van der Waals surface area contributed by atoms with Crippen molar-refractivity contribution in [2.75, 3.05) is 6.54 Å². The zero-order chi connectivity index (χ0) is 9.40. The molecule has 0 aromatic heterocycles. The molecule has 0 rings (SSSR count). The van der Waals surface area contributed by atoms with Crippen LogP contribution in [0.3, 0.4) is 0 Å². The van der Waals surface area contributed by atoms with Crippen LogP contribution < -0.4 is 27.6 Å². The lowest BCUT2D eigenvalue weighted by Gasteiger charge is -1.89. The molecule has 0 spiro atoms. The maximum Gasteiger partial charge on any atom is 0.433 e. The fraction of sp³-hybridized carbons (Fsp3) is 0.500. The van der Waals surface area contributed by atoms with Crippen molar-refractivity contribution in [2.45, 2.75) is 12.8 Å². The maximum absolute atomic E-state index is 5.11. The van der Waals surface area contributed by atoms with Gasteiger partial charge in [0.05, 0.1) is 0 Å². The number of hydrogen-bond acceptors (Lipinski definition) is 1. The summed E-state index contributed by atoms with van der Waals surface area (Å²) in [4.78, 5) is 3.78. The highest BCUT2D eigenvalue weighted by molar-refractivity contribution is 5.78. The molecule has 0 aliphatic carbocycles. The average Bonchev–Trinajstić information content (AvgIpc) is 1.95. The summed E-state index contributed by atoms with van der Waals surface area (Å²) in [6.45, 7) is 0.596. The van der Waals surface area contributed by atoms with Crippen LogP contribution in [0.5, 0.6) is 0 Å². The summed E-state index contributed by atoms with van der Waals surface area (Å²) in [5, 5.41) is 0. The van der Waals surface area contributed by atoms with Gasteiger partial charge in [0.15, 0.2) is 5.96 Å². The molecule has 0 saturated carbocycles. The number of hydrogen-bond donors (Lipinski definition) is 4. The topological polar surface area (TPSA) is 131 Å². The highest BCUT2D eigenvalue weighted by atomic mass is 15.0. The number of rotatable bonds is 4. The molecule has 0 aromatic rings. The third kappa shape index (κ3) is 8.32. The Morgan fingerprint density at radius 2 is 1.92 bits per heavy atom. The quantitative estimate of drug-likeness (QED) is 0.160. The maximum atomic E-state index is 5.11. The number of nitrogens with two attached hydrogens (primary N) is 4. The molecule has 0 aromatic carbocycles. The number of nitrogens with zero attached hydrogens (tertiary/aromatic N) is 2. The molecule has 68 valence electrons. The second kappa shape index (κ2) is 6.06. The van der Waals surface area contributed by atoms with E-state index in [4.69, 9.17) is 22.9 Å². The Bertz CT molecular complexity index is 204. The minimum absolute atomic E-state index is 0.0665. The molecule has 0 radical (unpaired) electrons. The molecule has 12 heavy (non-hydrogen) atoms. The predicted octanol–water partition coefficient (Wildman–Crippen LogP) is -2.55. The van der Waals surface area contributed by atoms with Crippen LogP contribution in [0.25, 0.3) is 0 Å². The highest BCUT2D eigenvalue weighted by Gasteiger charge is 1.86. The molecule has 0 heterocycles. The van der Waals surface area contributed by atoms with Gasteiger partial charge in [0.1, 0.15) is 6.21 Å². The molecule has 0 atom stereocenters. The van der Waals surface area contributed by atoms with E-state index in [9.17, 15) is 0 Å². The van der Waals surface area contributed by atoms with Crippen molar-refractivity contribution < 1.29 is 0 Å². The number of guanidine groups is 2. The van der Waals surface area contributed by atoms with Crippen LogP contribution in [-0.2, 0) is 0 Å². The Morgan fingerprint density at radius 3 is 2.42 bits per heavy atom. The summed E-state index contributed by atoms with van der Waals surface area (Å²) in [7, 11) is 0. The van der Waals surface area contributed by atoms with Crippen molar-refractivity contribution in [3.63, 3.8) is 0 Å². The van der Waals surface area contributed by atoms with Gasteiger partial charge in [-0.2, -0.15) is 0 Å². The standard InChI is InChI=1S/C6H14N6/c7-5(8)11-3-1-2-4-12-6(9)10/h3H,1-2,4H2,(H7,7,8,9,10,12)/p+1. The fourth-order valence-electron chi connectivity index (χ4n) is 0.561. The molecule has 0 aliphatic rings. The average molecular weight is 171 g/mol. The fourth-order valence-corrected chi connectivity index (χ4v) is 0.561. The molecule has 0 aliphatic heterocycles. The van der Waals surface area contributed by atoms with E-state index in [-0.39, 0.29) is 11.9 Å². The van der Waals surface area contributed by atoms with Crippen molar-refractivity contribution in [1.82, 2.24) is 4.67 Å². The van der Waals surface area contributed by atoms with E-state index < -0.39 is 0 Å². The van der Waals surface area contributed by atoms with Crippen LogP contribution in [0.4, 0.5) is 0 Å². The Balaban J connectivity index is 3.47. The first-order valence-electron chi connectivity index (χ1n) is 3.58. The Morgan fingerprint density at radius 1 is 1.25 bits per heavy atom. The monoisotopic (exact) mass is 171 g/mol. The molecule has 0 saturated heterocycles. The molecule has 0 amide bonds. The van der Waals surface area contributed by atoms with E-state index in [1.807, 2.05) is 0 Å². The largest absolute Gasteiger partial charge is 0.433 e. The lowest BCUT2D eigenvalue weighted by molar-refractivity contribution is 0.882. The number of unbranched alkanes of at least 4 members (excludes halogenated alkanes) is 1. The zero-order valence-electron chi connectivity index (χ0n) is 6.90. The van der Waals surface area contributed by atoms with E-state index >= 15 is 0 Å². The molecule has 6 nitrogen and oxygen atoms in total. The lowest BCUT2D eigenvalue weighted by Crippen LogP contribution is -2.25. The molecule has 0 fully saturated rings. The van der Waals surface area contributed by atoms with Gasteiger partial charge in [-0.25, -0.2) is 4.67 Å². The van der Waals surface area contributed by atoms with Crippen molar-refractivity contribution in [2.24, 2.45) is 27.9 Å². The third-order valence-corrected chi connectivity index (χ3v) is 1.03. The Kier molecular flexibility index (Phi) is 5.21. The van der Waals surface area contributed by atoms with Crippen LogP contribution in [-0.4, -0.2) is 24.7 Å². The van der Waals surface area contributed by atoms with E-state index in [1.165, 1.54) is 0 Å². The van der Waals surface area contributed by atoms with Gasteiger partial charge >= 0.3 is 5.96 Å². The smallest absolute Gasteiger partial charge is 0.370 e. The SMILES string of the molecule is NC(N)=NCCCC=[N+]=C(N)N. The second-order valence-electron chi connectivity index (χ2n) is 2.19.